The van der Waals surface area contributed by atoms with Crippen LogP contribution in [0.4, 0.5) is 0 Å². The van der Waals surface area contributed by atoms with Gasteiger partial charge in [-0.2, -0.15) is 10.3 Å². The fourth-order valence-electron chi connectivity index (χ4n) is 0.982. The van der Waals surface area contributed by atoms with Crippen molar-refractivity contribution in [2.24, 2.45) is 5.92 Å². The Morgan fingerprint density at radius 3 is 2.36 bits per heavy atom. The van der Waals surface area contributed by atoms with Crippen LogP contribution in [0, 0.1) is 17.2 Å². The maximum absolute atomic E-state index is 8.48. The Morgan fingerprint density at radius 1 is 1.45 bits per heavy atom. The molecule has 1 saturated heterocycles. The van der Waals surface area contributed by atoms with Crippen LogP contribution >= 0.6 is 0 Å². The summed E-state index contributed by atoms with van der Waals surface area (Å²) in [5, 5.41) is 10.4. The van der Waals surface area contributed by atoms with Crippen molar-refractivity contribution in [3.63, 3.8) is 0 Å². The minimum atomic E-state index is -1.42. The van der Waals surface area contributed by atoms with E-state index in [1.807, 2.05) is 5.06 Å². The van der Waals surface area contributed by atoms with Gasteiger partial charge in [-0.1, -0.05) is 0 Å². The Balaban J connectivity index is 2.20. The summed E-state index contributed by atoms with van der Waals surface area (Å²) in [6, 6.07) is 2.21. The van der Waals surface area contributed by atoms with E-state index < -0.39 is 8.32 Å². The van der Waals surface area contributed by atoms with Crippen molar-refractivity contribution >= 4 is 8.32 Å². The van der Waals surface area contributed by atoms with E-state index in [0.29, 0.717) is 0 Å². The maximum atomic E-state index is 8.48. The van der Waals surface area contributed by atoms with Crippen molar-refractivity contribution in [1.82, 2.24) is 5.06 Å². The lowest BCUT2D eigenvalue weighted by Crippen LogP contribution is -2.50. The molecule has 1 aliphatic rings. The van der Waals surface area contributed by atoms with Crippen LogP contribution in [0.5, 0.6) is 0 Å². The highest BCUT2D eigenvalue weighted by Gasteiger charge is 2.31. The van der Waals surface area contributed by atoms with Crippen LogP contribution in [-0.4, -0.2) is 26.5 Å². The number of hydrogen-bond donors (Lipinski definition) is 0. The summed E-state index contributed by atoms with van der Waals surface area (Å²) in [5.41, 5.74) is 0. The first-order valence-electron chi connectivity index (χ1n) is 3.85. The maximum Gasteiger partial charge on any atom is 0.212 e. The zero-order chi connectivity index (χ0) is 8.48. The van der Waals surface area contributed by atoms with Crippen molar-refractivity contribution in [2.45, 2.75) is 19.6 Å². The van der Waals surface area contributed by atoms with E-state index in [2.05, 4.69) is 25.7 Å². The van der Waals surface area contributed by atoms with Crippen LogP contribution < -0.4 is 0 Å². The molecule has 0 aromatic carbocycles. The third-order valence-electron chi connectivity index (χ3n) is 1.43. The Hall–Kier alpha value is -0.373. The van der Waals surface area contributed by atoms with Gasteiger partial charge in [-0.15, -0.1) is 0 Å². The minimum Gasteiger partial charge on any atom is -0.343 e. The molecule has 3 nitrogen and oxygen atoms in total. The number of nitrogens with zero attached hydrogens (tertiary/aromatic N) is 2. The second-order valence-electron chi connectivity index (χ2n) is 3.88. The van der Waals surface area contributed by atoms with Gasteiger partial charge in [-0.25, -0.2) is 0 Å². The van der Waals surface area contributed by atoms with E-state index in [4.69, 9.17) is 9.79 Å². The third-order valence-corrected chi connectivity index (χ3v) is 2.24. The van der Waals surface area contributed by atoms with E-state index in [0.717, 1.165) is 13.1 Å². The van der Waals surface area contributed by atoms with Crippen LogP contribution in [-0.2, 0) is 4.53 Å². The average molecular weight is 170 g/mol. The minimum absolute atomic E-state index is 0.200. The van der Waals surface area contributed by atoms with E-state index in [-0.39, 0.29) is 5.92 Å². The molecule has 0 aromatic rings. The normalized spacial score (nSPS) is 20.9. The largest absolute Gasteiger partial charge is 0.343 e. The van der Waals surface area contributed by atoms with Crippen molar-refractivity contribution in [3.8, 4) is 6.07 Å². The number of hydroxylamine groups is 2. The van der Waals surface area contributed by atoms with Gasteiger partial charge in [0, 0.05) is 13.1 Å². The fourth-order valence-corrected chi connectivity index (χ4v) is 1.91. The highest BCUT2D eigenvalue weighted by Crippen LogP contribution is 2.18. The van der Waals surface area contributed by atoms with E-state index >= 15 is 0 Å². The van der Waals surface area contributed by atoms with Gasteiger partial charge >= 0.3 is 0 Å². The number of rotatable bonds is 2. The second kappa shape index (κ2) is 2.93. The molecule has 0 amide bonds. The predicted molar refractivity (Wildman–Crippen MR) is 45.1 cm³/mol. The highest BCUT2D eigenvalue weighted by atomic mass is 28.4. The van der Waals surface area contributed by atoms with E-state index in [1.54, 1.807) is 0 Å². The standard InChI is InChI=1S/C7H14N2OSi/c1-11(2,3)10-9-5-7(4-8)6-9/h7H,5-6H2,1-3H3. The van der Waals surface area contributed by atoms with E-state index in [1.165, 1.54) is 0 Å². The molecule has 0 N–H and O–H groups in total. The molecule has 0 bridgehead atoms. The lowest BCUT2D eigenvalue weighted by molar-refractivity contribution is -0.135. The van der Waals surface area contributed by atoms with Crippen LogP contribution in [0.1, 0.15) is 0 Å². The first-order valence-corrected chi connectivity index (χ1v) is 7.26. The van der Waals surface area contributed by atoms with Gasteiger partial charge in [0.1, 0.15) is 0 Å². The number of nitriles is 1. The van der Waals surface area contributed by atoms with Crippen LogP contribution in [0.2, 0.25) is 19.6 Å². The molecule has 0 spiro atoms. The zero-order valence-corrected chi connectivity index (χ0v) is 8.29. The Bertz CT molecular complexity index is 176. The second-order valence-corrected chi connectivity index (χ2v) is 8.28. The van der Waals surface area contributed by atoms with Gasteiger partial charge in [-0.05, 0) is 19.6 Å². The smallest absolute Gasteiger partial charge is 0.212 e. The van der Waals surface area contributed by atoms with Gasteiger partial charge in [0.05, 0.1) is 12.0 Å². The highest BCUT2D eigenvalue weighted by molar-refractivity contribution is 6.69. The lowest BCUT2D eigenvalue weighted by atomic mass is 10.1. The summed E-state index contributed by atoms with van der Waals surface area (Å²) in [7, 11) is -1.42. The third kappa shape index (κ3) is 2.62. The molecular formula is C7H14N2OSi. The summed E-state index contributed by atoms with van der Waals surface area (Å²) >= 11 is 0. The lowest BCUT2D eigenvalue weighted by Gasteiger charge is -2.38. The first-order chi connectivity index (χ1) is 5.01. The quantitative estimate of drug-likeness (QED) is 0.584. The van der Waals surface area contributed by atoms with Gasteiger partial charge in [0.2, 0.25) is 8.32 Å². The molecule has 1 heterocycles. The molecular weight excluding hydrogens is 156 g/mol. The summed E-state index contributed by atoms with van der Waals surface area (Å²) in [4.78, 5) is 0. The first kappa shape index (κ1) is 8.72. The topological polar surface area (TPSA) is 36.3 Å². The van der Waals surface area contributed by atoms with Gasteiger partial charge in [0.25, 0.3) is 0 Å². The van der Waals surface area contributed by atoms with Crippen LogP contribution in [0.15, 0.2) is 0 Å². The molecule has 1 rings (SSSR count). The van der Waals surface area contributed by atoms with Crippen LogP contribution in [0.25, 0.3) is 0 Å². The average Bonchev–Trinajstić information content (AvgIpc) is 1.75. The molecule has 1 aliphatic heterocycles. The molecule has 1 fully saturated rings. The molecule has 11 heavy (non-hydrogen) atoms. The molecule has 0 radical (unpaired) electrons. The Kier molecular flexibility index (Phi) is 2.33. The van der Waals surface area contributed by atoms with E-state index in [9.17, 15) is 0 Å². The van der Waals surface area contributed by atoms with Crippen molar-refractivity contribution in [3.05, 3.63) is 0 Å². The molecule has 0 aliphatic carbocycles. The summed E-state index contributed by atoms with van der Waals surface area (Å²) in [5.74, 6) is 0.200. The molecule has 0 aromatic heterocycles. The molecule has 0 atom stereocenters. The van der Waals surface area contributed by atoms with Crippen LogP contribution in [0.3, 0.4) is 0 Å². The van der Waals surface area contributed by atoms with Gasteiger partial charge in [-0.3, -0.25) is 0 Å². The predicted octanol–water partition coefficient (Wildman–Crippen LogP) is 1.21. The van der Waals surface area contributed by atoms with Gasteiger partial charge < -0.3 is 4.53 Å². The summed E-state index contributed by atoms with van der Waals surface area (Å²) in [6.45, 7) is 8.02. The Labute approximate surface area is 68.6 Å². The Morgan fingerprint density at radius 2 is 2.00 bits per heavy atom. The van der Waals surface area contributed by atoms with Gasteiger partial charge in [0.15, 0.2) is 0 Å². The molecule has 62 valence electrons. The summed E-state index contributed by atoms with van der Waals surface area (Å²) < 4.78 is 5.63. The van der Waals surface area contributed by atoms with Crippen molar-refractivity contribution < 1.29 is 4.53 Å². The zero-order valence-electron chi connectivity index (χ0n) is 7.29. The van der Waals surface area contributed by atoms with Crippen molar-refractivity contribution in [2.75, 3.05) is 13.1 Å². The number of hydrogen-bond acceptors (Lipinski definition) is 3. The van der Waals surface area contributed by atoms with Crippen molar-refractivity contribution in [1.29, 1.82) is 5.26 Å². The summed E-state index contributed by atoms with van der Waals surface area (Å²) in [6.07, 6.45) is 0. The molecule has 0 unspecified atom stereocenters. The molecule has 0 saturated carbocycles. The SMILES string of the molecule is C[Si](C)(C)ON1CC(C#N)C1. The monoisotopic (exact) mass is 170 g/mol. The fraction of sp³-hybridized carbons (Fsp3) is 0.857. The molecule has 4 heteroatoms.